The third-order valence-corrected chi connectivity index (χ3v) is 3.26. The molecule has 0 spiro atoms. The Hall–Kier alpha value is -0.710. The summed E-state index contributed by atoms with van der Waals surface area (Å²) in [6, 6.07) is 0.175. The fraction of sp³-hybridized carbons (Fsp3) is 0.714. The van der Waals surface area contributed by atoms with Gasteiger partial charge >= 0.3 is 11.1 Å². The number of amidine groups is 1. The van der Waals surface area contributed by atoms with E-state index >= 15 is 0 Å². The molecule has 65 valence electrons. The maximum absolute atomic E-state index is 10.5. The van der Waals surface area contributed by atoms with E-state index in [1.807, 2.05) is 0 Å². The van der Waals surface area contributed by atoms with Crippen molar-refractivity contribution in [3.63, 3.8) is 0 Å². The van der Waals surface area contributed by atoms with Gasteiger partial charge in [-0.15, -0.1) is 0 Å². The number of carbonyl (C=O) groups is 1. The first-order chi connectivity index (χ1) is 5.77. The zero-order valence-corrected chi connectivity index (χ0v) is 7.38. The van der Waals surface area contributed by atoms with Crippen molar-refractivity contribution in [1.29, 1.82) is 0 Å². The summed E-state index contributed by atoms with van der Waals surface area (Å²) in [5, 5.41) is 9.66. The number of hydrogen-bond donors (Lipinski definition) is 1. The molecule has 0 aromatic rings. The molecule has 2 aliphatic heterocycles. The van der Waals surface area contributed by atoms with Crippen LogP contribution in [0.4, 0.5) is 0 Å². The van der Waals surface area contributed by atoms with Crippen LogP contribution in [-0.4, -0.2) is 46.0 Å². The summed E-state index contributed by atoms with van der Waals surface area (Å²) in [4.78, 5) is 16.8. The van der Waals surface area contributed by atoms with Gasteiger partial charge in [-0.3, -0.25) is 4.79 Å². The van der Waals surface area contributed by atoms with Gasteiger partial charge in [0.05, 0.1) is 6.42 Å². The summed E-state index contributed by atoms with van der Waals surface area (Å²) in [5.41, 5.74) is 0. The third-order valence-electron chi connectivity index (χ3n) is 2.09. The lowest BCUT2D eigenvalue weighted by Crippen LogP contribution is -2.33. The van der Waals surface area contributed by atoms with E-state index < -0.39 is 5.97 Å². The Morgan fingerprint density at radius 3 is 3.42 bits per heavy atom. The highest BCUT2D eigenvalue weighted by atomic mass is 32.2. The topological polar surface area (TPSA) is 54.6 Å². The molecular weight excluding hydrogens is 176 g/mol. The fourth-order valence-electron chi connectivity index (χ4n) is 1.54. The van der Waals surface area contributed by atoms with Gasteiger partial charge in [0, 0.05) is 5.75 Å². The van der Waals surface area contributed by atoms with Crippen LogP contribution in [0.25, 0.3) is 0 Å². The highest BCUT2D eigenvalue weighted by Crippen LogP contribution is 2.26. The number of aliphatic imine (C=N–C) groups is 1. The van der Waals surface area contributed by atoms with Crippen molar-refractivity contribution in [2.75, 3.05) is 18.8 Å². The Bertz CT molecular complexity index is 242. The summed E-state index contributed by atoms with van der Waals surface area (Å²) >= 11 is 1.68. The number of aliphatic carboxylic acids is 1. The summed E-state index contributed by atoms with van der Waals surface area (Å²) < 4.78 is 0. The maximum atomic E-state index is 10.5. The Morgan fingerprint density at radius 1 is 1.83 bits per heavy atom. The second-order valence-corrected chi connectivity index (χ2v) is 3.91. The molecule has 5 heteroatoms. The molecule has 0 amide bonds. The predicted molar refractivity (Wildman–Crippen MR) is 47.2 cm³/mol. The summed E-state index contributed by atoms with van der Waals surface area (Å²) in [6.07, 6.45) is 0.242. The van der Waals surface area contributed by atoms with E-state index in [1.165, 1.54) is 0 Å². The fourth-order valence-corrected chi connectivity index (χ4v) is 2.77. The minimum absolute atomic E-state index is 0.175. The van der Waals surface area contributed by atoms with Crippen LogP contribution >= 0.6 is 11.8 Å². The average Bonchev–Trinajstić information content (AvgIpc) is 2.52. The average molecular weight is 186 g/mol. The van der Waals surface area contributed by atoms with E-state index in [1.54, 1.807) is 11.8 Å². The second-order valence-electron chi connectivity index (χ2n) is 2.92. The van der Waals surface area contributed by atoms with Crippen LogP contribution in [-0.2, 0) is 4.79 Å². The molecule has 1 unspecified atom stereocenters. The number of rotatable bonds is 2. The van der Waals surface area contributed by atoms with E-state index in [4.69, 9.17) is 5.11 Å². The van der Waals surface area contributed by atoms with E-state index in [2.05, 4.69) is 9.89 Å². The molecule has 2 rings (SSSR count). The number of fused-ring (bicyclic) bond motifs is 1. The van der Waals surface area contributed by atoms with Crippen LogP contribution in [0.15, 0.2) is 0 Å². The number of carboxylic acid groups (broad SMARTS) is 1. The van der Waals surface area contributed by atoms with Gasteiger partial charge in [0.2, 0.25) is 0 Å². The Balaban J connectivity index is 2.01. The molecule has 0 aliphatic carbocycles. The SMILES string of the molecule is O=C(O)CC1CSC2=[N+]CCN21. The summed E-state index contributed by atoms with van der Waals surface area (Å²) in [6.45, 7) is 1.73. The van der Waals surface area contributed by atoms with Gasteiger partial charge in [0.25, 0.3) is 0 Å². The van der Waals surface area contributed by atoms with Gasteiger partial charge in [-0.05, 0) is 11.8 Å². The quantitative estimate of drug-likeness (QED) is 0.636. The number of nitrogens with zero attached hydrogens (tertiary/aromatic N) is 2. The van der Waals surface area contributed by atoms with Gasteiger partial charge in [0.1, 0.15) is 12.6 Å². The summed E-state index contributed by atoms with van der Waals surface area (Å²) in [7, 11) is 0. The highest BCUT2D eigenvalue weighted by Gasteiger charge is 2.42. The minimum atomic E-state index is -0.714. The highest BCUT2D eigenvalue weighted by molar-refractivity contribution is 8.14. The van der Waals surface area contributed by atoms with Crippen molar-refractivity contribution < 1.29 is 9.90 Å². The zero-order valence-electron chi connectivity index (χ0n) is 6.56. The van der Waals surface area contributed by atoms with E-state index in [0.717, 1.165) is 24.0 Å². The first kappa shape index (κ1) is 7.91. The Morgan fingerprint density at radius 2 is 2.67 bits per heavy atom. The molecule has 2 heterocycles. The summed E-state index contributed by atoms with van der Waals surface area (Å²) in [5.74, 6) is 0.166. The van der Waals surface area contributed by atoms with E-state index in [9.17, 15) is 4.79 Å². The molecule has 0 aromatic heterocycles. The van der Waals surface area contributed by atoms with Crippen molar-refractivity contribution in [1.82, 2.24) is 9.89 Å². The van der Waals surface area contributed by atoms with Crippen molar-refractivity contribution in [3.05, 3.63) is 0 Å². The van der Waals surface area contributed by atoms with Crippen molar-refractivity contribution in [2.24, 2.45) is 0 Å². The number of carboxylic acids is 1. The molecule has 0 bridgehead atoms. The largest absolute Gasteiger partial charge is 0.481 e. The van der Waals surface area contributed by atoms with Crippen LogP contribution in [0.2, 0.25) is 0 Å². The van der Waals surface area contributed by atoms with E-state index in [-0.39, 0.29) is 12.5 Å². The molecule has 12 heavy (non-hydrogen) atoms. The first-order valence-corrected chi connectivity index (χ1v) is 4.91. The first-order valence-electron chi connectivity index (χ1n) is 3.93. The van der Waals surface area contributed by atoms with Crippen LogP contribution < -0.4 is 4.99 Å². The normalized spacial score (nSPS) is 27.2. The van der Waals surface area contributed by atoms with Crippen molar-refractivity contribution in [3.8, 4) is 0 Å². The lowest BCUT2D eigenvalue weighted by molar-refractivity contribution is -0.137. The molecule has 0 saturated carbocycles. The van der Waals surface area contributed by atoms with Crippen LogP contribution in [0.3, 0.4) is 0 Å². The molecule has 2 aliphatic rings. The monoisotopic (exact) mass is 186 g/mol. The molecule has 1 N–H and O–H groups in total. The van der Waals surface area contributed by atoms with E-state index in [0.29, 0.717) is 0 Å². The third kappa shape index (κ3) is 1.29. The lowest BCUT2D eigenvalue weighted by Gasteiger charge is -2.11. The van der Waals surface area contributed by atoms with Crippen LogP contribution in [0, 0.1) is 0 Å². The van der Waals surface area contributed by atoms with Gasteiger partial charge in [-0.25, -0.2) is 4.90 Å². The molecule has 0 aromatic carbocycles. The van der Waals surface area contributed by atoms with Gasteiger partial charge in [-0.2, -0.15) is 0 Å². The van der Waals surface area contributed by atoms with Gasteiger partial charge in [-0.1, -0.05) is 4.99 Å². The minimum Gasteiger partial charge on any atom is -0.481 e. The van der Waals surface area contributed by atoms with Crippen LogP contribution in [0.1, 0.15) is 6.42 Å². The Kier molecular flexibility index (Phi) is 1.96. The van der Waals surface area contributed by atoms with Crippen molar-refractivity contribution in [2.45, 2.75) is 12.5 Å². The molecule has 1 atom stereocenters. The van der Waals surface area contributed by atoms with Crippen molar-refractivity contribution >= 4 is 22.9 Å². The van der Waals surface area contributed by atoms with Gasteiger partial charge < -0.3 is 5.11 Å². The predicted octanol–water partition coefficient (Wildman–Crippen LogP) is -0.416. The van der Waals surface area contributed by atoms with Crippen LogP contribution in [0.5, 0.6) is 0 Å². The van der Waals surface area contributed by atoms with Gasteiger partial charge in [0.15, 0.2) is 6.54 Å². The molecular formula is C7H10N2O2S+. The second kappa shape index (κ2) is 2.97. The Labute approximate surface area is 74.7 Å². The number of hydrogen-bond acceptors (Lipinski definition) is 4. The zero-order chi connectivity index (χ0) is 8.55. The molecule has 1 saturated heterocycles. The smallest absolute Gasteiger partial charge is 0.349 e. The number of thioether (sulfide) groups is 1. The molecule has 1 radical (unpaired) electrons. The molecule has 4 nitrogen and oxygen atoms in total. The maximum Gasteiger partial charge on any atom is 0.349 e. The standard InChI is InChI=1S/C7H10N2O2S/c10-6(11)3-5-4-12-7-8-1-2-9(5)7/h5H,1-4H2,(H,10,11)/q+1. The lowest BCUT2D eigenvalue weighted by atomic mass is 10.2. The molecule has 1 fully saturated rings.